The zero-order chi connectivity index (χ0) is 9.52. The summed E-state index contributed by atoms with van der Waals surface area (Å²) in [4.78, 5) is 11.7. The van der Waals surface area contributed by atoms with Crippen molar-refractivity contribution in [3.8, 4) is 0 Å². The van der Waals surface area contributed by atoms with Crippen molar-refractivity contribution in [3.63, 3.8) is 0 Å². The monoisotopic (exact) mass is 178 g/mol. The fourth-order valence-electron chi connectivity index (χ4n) is 1.08. The van der Waals surface area contributed by atoms with Crippen LogP contribution in [0.15, 0.2) is 30.3 Å². The standard InChI is InChI=1S/C10H12NO2/c1-11(8-13-9-12)7-10-5-3-2-4-6-10/h2-6H,7-8H2,1H3. The highest BCUT2D eigenvalue weighted by Crippen LogP contribution is 2.01. The molecule has 0 aliphatic heterocycles. The molecule has 0 heterocycles. The van der Waals surface area contributed by atoms with Crippen molar-refractivity contribution in [1.29, 1.82) is 0 Å². The molecule has 0 spiro atoms. The summed E-state index contributed by atoms with van der Waals surface area (Å²) in [5, 5.41) is 0. The number of rotatable bonds is 5. The van der Waals surface area contributed by atoms with Gasteiger partial charge in [-0.2, -0.15) is 0 Å². The van der Waals surface area contributed by atoms with E-state index in [4.69, 9.17) is 0 Å². The van der Waals surface area contributed by atoms with Gasteiger partial charge in [-0.3, -0.25) is 4.90 Å². The molecule has 1 radical (unpaired) electrons. The van der Waals surface area contributed by atoms with E-state index in [-0.39, 0.29) is 6.73 Å². The van der Waals surface area contributed by atoms with Gasteiger partial charge in [0.05, 0.1) is 0 Å². The Labute approximate surface area is 77.9 Å². The van der Waals surface area contributed by atoms with Crippen LogP contribution in [0.5, 0.6) is 0 Å². The van der Waals surface area contributed by atoms with Crippen molar-refractivity contribution in [2.24, 2.45) is 0 Å². The molecule has 0 saturated heterocycles. The van der Waals surface area contributed by atoms with Gasteiger partial charge in [-0.1, -0.05) is 30.3 Å². The minimum Gasteiger partial charge on any atom is -0.441 e. The van der Waals surface area contributed by atoms with Crippen LogP contribution in [-0.4, -0.2) is 25.2 Å². The SMILES string of the molecule is CN(CO[C]=O)Cc1ccccc1. The zero-order valence-electron chi connectivity index (χ0n) is 7.56. The number of benzene rings is 1. The van der Waals surface area contributed by atoms with Crippen molar-refractivity contribution < 1.29 is 9.53 Å². The predicted molar refractivity (Wildman–Crippen MR) is 49.6 cm³/mol. The average Bonchev–Trinajstić information content (AvgIpc) is 2.16. The molecule has 1 aromatic carbocycles. The van der Waals surface area contributed by atoms with Gasteiger partial charge in [0, 0.05) is 6.54 Å². The fourth-order valence-corrected chi connectivity index (χ4v) is 1.08. The molecule has 0 aliphatic carbocycles. The van der Waals surface area contributed by atoms with Gasteiger partial charge in [-0.15, -0.1) is 0 Å². The molecule has 13 heavy (non-hydrogen) atoms. The Morgan fingerprint density at radius 3 is 2.69 bits per heavy atom. The van der Waals surface area contributed by atoms with Crippen LogP contribution in [-0.2, 0) is 16.1 Å². The zero-order valence-corrected chi connectivity index (χ0v) is 7.56. The molecular formula is C10H12NO2. The molecular weight excluding hydrogens is 166 g/mol. The van der Waals surface area contributed by atoms with Gasteiger partial charge in [-0.05, 0) is 12.6 Å². The lowest BCUT2D eigenvalue weighted by Gasteiger charge is -2.14. The first-order chi connectivity index (χ1) is 6.33. The third-order valence-electron chi connectivity index (χ3n) is 1.64. The van der Waals surface area contributed by atoms with Crippen molar-refractivity contribution in [2.45, 2.75) is 6.54 Å². The Morgan fingerprint density at radius 1 is 1.38 bits per heavy atom. The first kappa shape index (κ1) is 9.74. The minimum absolute atomic E-state index is 0.276. The summed E-state index contributed by atoms with van der Waals surface area (Å²) >= 11 is 0. The highest BCUT2D eigenvalue weighted by Gasteiger charge is 1.98. The number of carbonyl (C=O) groups excluding carboxylic acids is 1. The molecule has 1 rings (SSSR count). The molecule has 69 valence electrons. The molecule has 1 aromatic rings. The quantitative estimate of drug-likeness (QED) is 0.634. The van der Waals surface area contributed by atoms with Crippen LogP contribution >= 0.6 is 0 Å². The van der Waals surface area contributed by atoms with Crippen LogP contribution in [0.2, 0.25) is 0 Å². The smallest absolute Gasteiger partial charge is 0.418 e. The second kappa shape index (κ2) is 5.32. The van der Waals surface area contributed by atoms with Gasteiger partial charge < -0.3 is 4.74 Å². The van der Waals surface area contributed by atoms with E-state index < -0.39 is 0 Å². The summed E-state index contributed by atoms with van der Waals surface area (Å²) in [6.45, 7) is 2.44. The van der Waals surface area contributed by atoms with Crippen LogP contribution in [0.4, 0.5) is 0 Å². The van der Waals surface area contributed by atoms with E-state index in [0.717, 1.165) is 6.54 Å². The molecule has 0 bridgehead atoms. The number of ether oxygens (including phenoxy) is 1. The van der Waals surface area contributed by atoms with Crippen molar-refractivity contribution in [1.82, 2.24) is 4.90 Å². The Bertz CT molecular complexity index is 248. The first-order valence-corrected chi connectivity index (χ1v) is 4.04. The molecule has 0 fully saturated rings. The minimum atomic E-state index is 0.276. The van der Waals surface area contributed by atoms with Crippen LogP contribution in [0, 0.1) is 0 Å². The average molecular weight is 178 g/mol. The van der Waals surface area contributed by atoms with E-state index in [1.807, 2.05) is 42.3 Å². The highest BCUT2D eigenvalue weighted by atomic mass is 16.5. The molecule has 0 saturated carbocycles. The number of hydrogen-bond donors (Lipinski definition) is 0. The lowest BCUT2D eigenvalue weighted by molar-refractivity contribution is 0.131. The Kier molecular flexibility index (Phi) is 3.99. The summed E-state index contributed by atoms with van der Waals surface area (Å²) in [7, 11) is 1.88. The fraction of sp³-hybridized carbons (Fsp3) is 0.300. The third-order valence-corrected chi connectivity index (χ3v) is 1.64. The molecule has 0 N–H and O–H groups in total. The van der Waals surface area contributed by atoms with Gasteiger partial charge in [0.15, 0.2) is 0 Å². The lowest BCUT2D eigenvalue weighted by Crippen LogP contribution is -2.20. The summed E-state index contributed by atoms with van der Waals surface area (Å²) in [6.07, 6.45) is 0. The van der Waals surface area contributed by atoms with Crippen LogP contribution < -0.4 is 0 Å². The summed E-state index contributed by atoms with van der Waals surface area (Å²) < 4.78 is 4.49. The predicted octanol–water partition coefficient (Wildman–Crippen LogP) is 1.16. The molecule has 0 aliphatic rings. The van der Waals surface area contributed by atoms with E-state index in [9.17, 15) is 4.79 Å². The third kappa shape index (κ3) is 3.71. The summed E-state index contributed by atoms with van der Waals surface area (Å²) in [5.74, 6) is 0. The number of nitrogens with zero attached hydrogens (tertiary/aromatic N) is 1. The Balaban J connectivity index is 2.36. The molecule has 3 nitrogen and oxygen atoms in total. The Hall–Kier alpha value is -1.35. The highest BCUT2D eigenvalue weighted by molar-refractivity contribution is 5.37. The molecule has 0 unspecified atom stereocenters. The van der Waals surface area contributed by atoms with Crippen LogP contribution in [0.1, 0.15) is 5.56 Å². The topological polar surface area (TPSA) is 29.5 Å². The lowest BCUT2D eigenvalue weighted by atomic mass is 10.2. The maximum absolute atomic E-state index is 9.79. The summed E-state index contributed by atoms with van der Waals surface area (Å²) in [5.41, 5.74) is 1.19. The molecule has 3 heteroatoms. The van der Waals surface area contributed by atoms with Crippen LogP contribution in [0.25, 0.3) is 0 Å². The second-order valence-electron chi connectivity index (χ2n) is 2.86. The van der Waals surface area contributed by atoms with Gasteiger partial charge in [0.1, 0.15) is 6.73 Å². The van der Waals surface area contributed by atoms with Crippen molar-refractivity contribution >= 4 is 6.47 Å². The van der Waals surface area contributed by atoms with E-state index in [0.29, 0.717) is 0 Å². The van der Waals surface area contributed by atoms with E-state index >= 15 is 0 Å². The maximum atomic E-state index is 9.79. The molecule has 0 aromatic heterocycles. The normalized spacial score (nSPS) is 10.0. The van der Waals surface area contributed by atoms with Gasteiger partial charge in [-0.25, -0.2) is 4.79 Å². The van der Waals surface area contributed by atoms with E-state index in [1.165, 1.54) is 12.0 Å². The largest absolute Gasteiger partial charge is 0.441 e. The molecule has 0 amide bonds. The van der Waals surface area contributed by atoms with Gasteiger partial charge in [0.2, 0.25) is 0 Å². The van der Waals surface area contributed by atoms with Crippen molar-refractivity contribution in [3.05, 3.63) is 35.9 Å². The first-order valence-electron chi connectivity index (χ1n) is 4.04. The molecule has 0 atom stereocenters. The Morgan fingerprint density at radius 2 is 2.08 bits per heavy atom. The number of hydrogen-bond acceptors (Lipinski definition) is 3. The van der Waals surface area contributed by atoms with Crippen molar-refractivity contribution in [2.75, 3.05) is 13.8 Å². The second-order valence-corrected chi connectivity index (χ2v) is 2.86. The maximum Gasteiger partial charge on any atom is 0.418 e. The van der Waals surface area contributed by atoms with E-state index in [1.54, 1.807) is 0 Å². The van der Waals surface area contributed by atoms with Crippen LogP contribution in [0.3, 0.4) is 0 Å². The van der Waals surface area contributed by atoms with Gasteiger partial charge >= 0.3 is 6.47 Å². The summed E-state index contributed by atoms with van der Waals surface area (Å²) in [6, 6.07) is 9.99. The van der Waals surface area contributed by atoms with Gasteiger partial charge in [0.25, 0.3) is 0 Å². The van der Waals surface area contributed by atoms with E-state index in [2.05, 4.69) is 4.74 Å².